The summed E-state index contributed by atoms with van der Waals surface area (Å²) in [5.41, 5.74) is 1.25. The Bertz CT molecular complexity index is 968. The fourth-order valence-corrected chi connectivity index (χ4v) is 9.27. The fourth-order valence-electron chi connectivity index (χ4n) is 8.07. The van der Waals surface area contributed by atoms with Gasteiger partial charge in [0.25, 0.3) is 10.1 Å². The maximum absolute atomic E-state index is 13.0. The first kappa shape index (κ1) is 21.6. The molecular formula is C26H36O4S. The molecule has 7 atom stereocenters. The standard InChI is InChI=1S/C26H36O4S/c1-17-4-7-20(8-5-17)31(28,29)30-24-11-10-22-21-9-6-18-16-19(27)12-14-25(18,2)23(21)13-15-26(22,24)3/h4-5,7-8,18,21-24H,6,9-16H2,1-3H3/t18-,21+,22+,23+,24+,25-,26+/m0/s1. The second-order valence-electron chi connectivity index (χ2n) is 11.4. The van der Waals surface area contributed by atoms with E-state index in [1.165, 1.54) is 6.42 Å². The number of carbonyl (C=O) groups is 1. The van der Waals surface area contributed by atoms with Gasteiger partial charge in [0.2, 0.25) is 0 Å². The molecule has 0 radical (unpaired) electrons. The molecule has 0 amide bonds. The smallest absolute Gasteiger partial charge is 0.297 e. The van der Waals surface area contributed by atoms with Crippen LogP contribution in [0, 0.1) is 41.4 Å². The van der Waals surface area contributed by atoms with Gasteiger partial charge in [-0.05, 0) is 98.5 Å². The minimum Gasteiger partial charge on any atom is -0.300 e. The minimum absolute atomic E-state index is 0.0768. The van der Waals surface area contributed by atoms with E-state index in [9.17, 15) is 13.2 Å². The van der Waals surface area contributed by atoms with Gasteiger partial charge in [0, 0.05) is 12.8 Å². The monoisotopic (exact) mass is 444 g/mol. The Kier molecular flexibility index (Phi) is 5.17. The van der Waals surface area contributed by atoms with Crippen LogP contribution in [0.15, 0.2) is 29.2 Å². The summed E-state index contributed by atoms with van der Waals surface area (Å²) >= 11 is 0. The quantitative estimate of drug-likeness (QED) is 0.563. The maximum atomic E-state index is 13.0. The summed E-state index contributed by atoms with van der Waals surface area (Å²) in [5.74, 6) is 2.85. The van der Waals surface area contributed by atoms with E-state index in [2.05, 4.69) is 13.8 Å². The molecule has 0 aromatic heterocycles. The first-order chi connectivity index (χ1) is 14.6. The molecule has 0 spiro atoms. The number of hydrogen-bond donors (Lipinski definition) is 0. The van der Waals surface area contributed by atoms with Crippen LogP contribution >= 0.6 is 0 Å². The molecule has 0 saturated heterocycles. The van der Waals surface area contributed by atoms with Gasteiger partial charge in [-0.2, -0.15) is 8.42 Å². The van der Waals surface area contributed by atoms with Crippen molar-refractivity contribution < 1.29 is 17.4 Å². The molecule has 0 N–H and O–H groups in total. The molecule has 5 heteroatoms. The van der Waals surface area contributed by atoms with Crippen LogP contribution < -0.4 is 0 Å². The highest BCUT2D eigenvalue weighted by Gasteiger charge is 2.61. The van der Waals surface area contributed by atoms with Crippen LogP contribution in [-0.4, -0.2) is 20.3 Å². The number of Topliss-reactive ketones (excluding diaryl/α,β-unsaturated/α-hetero) is 1. The molecule has 4 aliphatic carbocycles. The van der Waals surface area contributed by atoms with Crippen LogP contribution in [-0.2, 0) is 19.1 Å². The van der Waals surface area contributed by atoms with Crippen LogP contribution in [0.25, 0.3) is 0 Å². The van der Waals surface area contributed by atoms with Crippen LogP contribution in [0.4, 0.5) is 0 Å². The molecule has 4 aliphatic rings. The van der Waals surface area contributed by atoms with Gasteiger partial charge >= 0.3 is 0 Å². The van der Waals surface area contributed by atoms with Gasteiger partial charge in [-0.15, -0.1) is 0 Å². The Labute approximate surface area is 187 Å². The fraction of sp³-hybridized carbons (Fsp3) is 0.731. The number of ketones is 1. The van der Waals surface area contributed by atoms with Crippen LogP contribution in [0.2, 0.25) is 0 Å². The summed E-state index contributed by atoms with van der Waals surface area (Å²) in [7, 11) is -3.75. The molecule has 4 saturated carbocycles. The Balaban J connectivity index is 1.37. The van der Waals surface area contributed by atoms with Crippen molar-refractivity contribution in [2.24, 2.45) is 34.5 Å². The van der Waals surface area contributed by atoms with Crippen molar-refractivity contribution in [2.75, 3.05) is 0 Å². The molecule has 0 bridgehead atoms. The van der Waals surface area contributed by atoms with Crippen molar-refractivity contribution in [3.63, 3.8) is 0 Å². The summed E-state index contributed by atoms with van der Waals surface area (Å²) in [4.78, 5) is 12.4. The van der Waals surface area contributed by atoms with E-state index in [1.54, 1.807) is 12.1 Å². The normalized spacial score (nSPS) is 42.5. The summed E-state index contributed by atoms with van der Waals surface area (Å²) in [6.07, 6.45) is 8.75. The highest BCUT2D eigenvalue weighted by Crippen LogP contribution is 2.66. The average molecular weight is 445 g/mol. The SMILES string of the molecule is Cc1ccc(S(=O)(=O)O[C@@H]2CC[C@@H]3[C@H]4CC[C@H]5CC(=O)CC[C@]5(C)[C@@H]4CC[C@]32C)cc1. The van der Waals surface area contributed by atoms with Crippen molar-refractivity contribution in [2.45, 2.75) is 89.6 Å². The second kappa shape index (κ2) is 7.41. The second-order valence-corrected chi connectivity index (χ2v) is 12.9. The lowest BCUT2D eigenvalue weighted by Crippen LogP contribution is -2.54. The third-order valence-electron chi connectivity index (χ3n) is 9.95. The Morgan fingerprint density at radius 3 is 2.35 bits per heavy atom. The summed E-state index contributed by atoms with van der Waals surface area (Å²) in [6, 6.07) is 6.97. The van der Waals surface area contributed by atoms with E-state index >= 15 is 0 Å². The highest BCUT2D eigenvalue weighted by atomic mass is 32.2. The van der Waals surface area contributed by atoms with E-state index in [0.29, 0.717) is 29.5 Å². The van der Waals surface area contributed by atoms with Crippen molar-refractivity contribution in [1.29, 1.82) is 0 Å². The number of rotatable bonds is 3. The van der Waals surface area contributed by atoms with Gasteiger partial charge in [0.1, 0.15) is 5.78 Å². The predicted octanol–water partition coefficient (Wildman–Crippen LogP) is 5.68. The Hall–Kier alpha value is -1.20. The Morgan fingerprint density at radius 1 is 0.903 bits per heavy atom. The number of benzene rings is 1. The molecule has 5 rings (SSSR count). The summed E-state index contributed by atoms with van der Waals surface area (Å²) < 4.78 is 32.0. The van der Waals surface area contributed by atoms with E-state index in [1.807, 2.05) is 19.1 Å². The minimum atomic E-state index is -3.75. The van der Waals surface area contributed by atoms with Gasteiger partial charge in [-0.1, -0.05) is 31.5 Å². The van der Waals surface area contributed by atoms with Crippen molar-refractivity contribution >= 4 is 15.9 Å². The number of carbonyl (C=O) groups excluding carboxylic acids is 1. The van der Waals surface area contributed by atoms with Gasteiger partial charge in [0.15, 0.2) is 0 Å². The Morgan fingerprint density at radius 2 is 1.61 bits per heavy atom. The van der Waals surface area contributed by atoms with Gasteiger partial charge in [0.05, 0.1) is 11.0 Å². The molecule has 1 aromatic carbocycles. The van der Waals surface area contributed by atoms with Crippen molar-refractivity contribution in [1.82, 2.24) is 0 Å². The van der Waals surface area contributed by atoms with Crippen LogP contribution in [0.1, 0.15) is 77.2 Å². The zero-order valence-corrected chi connectivity index (χ0v) is 19.9. The molecular weight excluding hydrogens is 408 g/mol. The predicted molar refractivity (Wildman–Crippen MR) is 120 cm³/mol. The van der Waals surface area contributed by atoms with E-state index in [0.717, 1.165) is 56.9 Å². The molecule has 4 nitrogen and oxygen atoms in total. The number of aryl methyl sites for hydroxylation is 1. The molecule has 1 aromatic rings. The summed E-state index contributed by atoms with van der Waals surface area (Å²) in [5, 5.41) is 0. The zero-order chi connectivity index (χ0) is 22.0. The van der Waals surface area contributed by atoms with E-state index in [-0.39, 0.29) is 21.8 Å². The molecule has 0 heterocycles. The van der Waals surface area contributed by atoms with Crippen molar-refractivity contribution in [3.8, 4) is 0 Å². The van der Waals surface area contributed by atoms with Crippen LogP contribution in [0.5, 0.6) is 0 Å². The van der Waals surface area contributed by atoms with Gasteiger partial charge < -0.3 is 0 Å². The lowest BCUT2D eigenvalue weighted by molar-refractivity contribution is -0.140. The highest BCUT2D eigenvalue weighted by molar-refractivity contribution is 7.86. The molecule has 170 valence electrons. The molecule has 0 aliphatic heterocycles. The number of hydrogen-bond acceptors (Lipinski definition) is 4. The lowest BCUT2D eigenvalue weighted by atomic mass is 9.45. The first-order valence-corrected chi connectivity index (χ1v) is 13.6. The van der Waals surface area contributed by atoms with Gasteiger partial charge in [-0.25, -0.2) is 0 Å². The first-order valence-electron chi connectivity index (χ1n) is 12.2. The van der Waals surface area contributed by atoms with E-state index in [4.69, 9.17) is 4.18 Å². The van der Waals surface area contributed by atoms with E-state index < -0.39 is 10.1 Å². The van der Waals surface area contributed by atoms with Crippen LogP contribution in [0.3, 0.4) is 0 Å². The third kappa shape index (κ3) is 3.42. The average Bonchev–Trinajstić information content (AvgIpc) is 3.04. The maximum Gasteiger partial charge on any atom is 0.297 e. The molecule has 0 unspecified atom stereocenters. The van der Waals surface area contributed by atoms with Gasteiger partial charge in [-0.3, -0.25) is 8.98 Å². The largest absolute Gasteiger partial charge is 0.300 e. The molecule has 31 heavy (non-hydrogen) atoms. The molecule has 4 fully saturated rings. The topological polar surface area (TPSA) is 60.4 Å². The third-order valence-corrected chi connectivity index (χ3v) is 11.3. The summed E-state index contributed by atoms with van der Waals surface area (Å²) in [6.45, 7) is 6.69. The number of fused-ring (bicyclic) bond motifs is 5. The zero-order valence-electron chi connectivity index (χ0n) is 19.1. The van der Waals surface area contributed by atoms with Crippen molar-refractivity contribution in [3.05, 3.63) is 29.8 Å². The lowest BCUT2D eigenvalue weighted by Gasteiger charge is -2.60.